The number of halogens is 3. The van der Waals surface area contributed by atoms with E-state index in [0.29, 0.717) is 0 Å². The van der Waals surface area contributed by atoms with E-state index in [1.807, 2.05) is 0 Å². The molecule has 0 fully saturated rings. The molecule has 3 N–H and O–H groups in total. The van der Waals surface area contributed by atoms with Crippen LogP contribution >= 0.6 is 0 Å². The number of ether oxygens (including phenoxy) is 1. The summed E-state index contributed by atoms with van der Waals surface area (Å²) in [6.45, 7) is -0.289. The number of aliphatic hydroxyl groups excluding tert-OH is 1. The van der Waals surface area contributed by atoms with Gasteiger partial charge in [-0.2, -0.15) is 13.2 Å². The van der Waals surface area contributed by atoms with Crippen LogP contribution in [0.1, 0.15) is 11.3 Å². The fourth-order valence-corrected chi connectivity index (χ4v) is 1.96. The van der Waals surface area contributed by atoms with Crippen molar-refractivity contribution >= 4 is 5.91 Å². The van der Waals surface area contributed by atoms with Gasteiger partial charge in [-0.25, -0.2) is 0 Å². The van der Waals surface area contributed by atoms with Crippen LogP contribution in [0, 0.1) is 0 Å². The molecule has 1 amide bonds. The largest absolute Gasteiger partial charge is 0.491 e. The second-order valence-corrected chi connectivity index (χ2v) is 5.17. The van der Waals surface area contributed by atoms with Crippen LogP contribution in [0.2, 0.25) is 0 Å². The van der Waals surface area contributed by atoms with Crippen molar-refractivity contribution in [3.8, 4) is 5.75 Å². The number of alkyl halides is 3. The summed E-state index contributed by atoms with van der Waals surface area (Å²) in [4.78, 5) is 14.5. The molecule has 0 aliphatic carbocycles. The zero-order valence-corrected chi connectivity index (χ0v) is 12.6. The average Bonchev–Trinajstić information content (AvgIpc) is 3.03. The van der Waals surface area contributed by atoms with Gasteiger partial charge in [-0.3, -0.25) is 4.79 Å². The van der Waals surface area contributed by atoms with E-state index in [4.69, 9.17) is 4.74 Å². The maximum atomic E-state index is 12.6. The lowest BCUT2D eigenvalue weighted by Crippen LogP contribution is -2.36. The summed E-state index contributed by atoms with van der Waals surface area (Å²) in [6, 6.07) is 7.90. The molecule has 2 rings (SSSR count). The number of benzene rings is 1. The van der Waals surface area contributed by atoms with Gasteiger partial charge in [0, 0.05) is 18.4 Å². The Kier molecular flexibility index (Phi) is 5.86. The fraction of sp³-hybridized carbons (Fsp3) is 0.312. The number of carbonyl (C=O) groups is 1. The highest BCUT2D eigenvalue weighted by molar-refractivity contribution is 5.78. The number of aromatic amines is 1. The summed E-state index contributed by atoms with van der Waals surface area (Å²) < 4.78 is 42.9. The molecule has 1 atom stereocenters. The monoisotopic (exact) mass is 342 g/mol. The van der Waals surface area contributed by atoms with Crippen LogP contribution in [0.3, 0.4) is 0 Å². The van der Waals surface area contributed by atoms with Crippen LogP contribution in [0.5, 0.6) is 5.75 Å². The van der Waals surface area contributed by atoms with Crippen LogP contribution in [0.15, 0.2) is 42.6 Å². The number of aromatic nitrogens is 1. The molecule has 1 aromatic carbocycles. The van der Waals surface area contributed by atoms with E-state index < -0.39 is 17.8 Å². The van der Waals surface area contributed by atoms with E-state index in [2.05, 4.69) is 10.3 Å². The van der Waals surface area contributed by atoms with E-state index in [1.165, 1.54) is 12.1 Å². The maximum Gasteiger partial charge on any atom is 0.416 e. The smallest absolute Gasteiger partial charge is 0.416 e. The number of rotatable bonds is 7. The number of hydrogen-bond acceptors (Lipinski definition) is 3. The van der Waals surface area contributed by atoms with Crippen molar-refractivity contribution in [3.63, 3.8) is 0 Å². The van der Waals surface area contributed by atoms with Gasteiger partial charge in [0.05, 0.1) is 12.0 Å². The molecule has 0 aliphatic rings. The van der Waals surface area contributed by atoms with Gasteiger partial charge in [0.25, 0.3) is 0 Å². The molecule has 1 aromatic heterocycles. The predicted molar refractivity (Wildman–Crippen MR) is 80.5 cm³/mol. The quantitative estimate of drug-likeness (QED) is 0.722. The first-order valence-corrected chi connectivity index (χ1v) is 7.21. The summed E-state index contributed by atoms with van der Waals surface area (Å²) in [5, 5.41) is 12.3. The Morgan fingerprint density at radius 1 is 1.29 bits per heavy atom. The molecule has 0 saturated carbocycles. The van der Waals surface area contributed by atoms with Gasteiger partial charge in [0.2, 0.25) is 5.91 Å². The van der Waals surface area contributed by atoms with Gasteiger partial charge in [0.1, 0.15) is 18.5 Å². The summed E-state index contributed by atoms with van der Waals surface area (Å²) >= 11 is 0. The molecule has 1 unspecified atom stereocenters. The molecule has 0 saturated heterocycles. The van der Waals surface area contributed by atoms with Crippen molar-refractivity contribution in [2.75, 3.05) is 13.2 Å². The van der Waals surface area contributed by atoms with E-state index in [9.17, 15) is 23.1 Å². The minimum absolute atomic E-state index is 0.00147. The zero-order valence-electron chi connectivity index (χ0n) is 12.6. The average molecular weight is 342 g/mol. The Morgan fingerprint density at radius 3 is 2.75 bits per heavy atom. The van der Waals surface area contributed by atoms with Crippen molar-refractivity contribution < 1.29 is 27.8 Å². The van der Waals surface area contributed by atoms with Crippen LogP contribution in [-0.4, -0.2) is 35.3 Å². The molecular formula is C16H17F3N2O3. The number of H-pyrrole nitrogens is 1. The van der Waals surface area contributed by atoms with Crippen molar-refractivity contribution in [2.24, 2.45) is 0 Å². The highest BCUT2D eigenvalue weighted by atomic mass is 19.4. The van der Waals surface area contributed by atoms with E-state index in [0.717, 1.165) is 17.8 Å². The third kappa shape index (κ3) is 5.62. The van der Waals surface area contributed by atoms with E-state index in [-0.39, 0.29) is 31.2 Å². The first kappa shape index (κ1) is 17.9. The molecule has 0 radical (unpaired) electrons. The molecule has 24 heavy (non-hydrogen) atoms. The molecule has 0 bridgehead atoms. The highest BCUT2D eigenvalue weighted by Gasteiger charge is 2.30. The summed E-state index contributed by atoms with van der Waals surface area (Å²) in [7, 11) is 0. The second-order valence-electron chi connectivity index (χ2n) is 5.17. The molecule has 8 heteroatoms. The van der Waals surface area contributed by atoms with Gasteiger partial charge in [-0.05, 0) is 30.3 Å². The van der Waals surface area contributed by atoms with Crippen molar-refractivity contribution in [1.82, 2.24) is 10.3 Å². The summed E-state index contributed by atoms with van der Waals surface area (Å²) in [5.41, 5.74) is -0.0871. The number of amides is 1. The summed E-state index contributed by atoms with van der Waals surface area (Å²) in [5.74, 6) is -0.280. The minimum atomic E-state index is -4.45. The zero-order chi connectivity index (χ0) is 17.6. The van der Waals surface area contributed by atoms with Crippen molar-refractivity contribution in [2.45, 2.75) is 18.7 Å². The third-order valence-electron chi connectivity index (χ3n) is 3.15. The Hall–Kier alpha value is -2.48. The Bertz CT molecular complexity index is 657. The first-order valence-electron chi connectivity index (χ1n) is 7.21. The SMILES string of the molecule is O=C(Cc1ccc[nH]1)NCC(O)COc1cccc(C(F)(F)F)c1. The van der Waals surface area contributed by atoms with E-state index in [1.54, 1.807) is 18.3 Å². The molecule has 5 nitrogen and oxygen atoms in total. The van der Waals surface area contributed by atoms with Gasteiger partial charge in [-0.15, -0.1) is 0 Å². The van der Waals surface area contributed by atoms with Crippen LogP contribution in [0.4, 0.5) is 13.2 Å². The number of nitrogens with one attached hydrogen (secondary N) is 2. The van der Waals surface area contributed by atoms with Gasteiger partial charge < -0.3 is 20.1 Å². The Morgan fingerprint density at radius 2 is 2.08 bits per heavy atom. The van der Waals surface area contributed by atoms with E-state index >= 15 is 0 Å². The normalized spacial score (nSPS) is 12.7. The Balaban J connectivity index is 1.75. The summed E-state index contributed by atoms with van der Waals surface area (Å²) in [6.07, 6.45) is -3.65. The maximum absolute atomic E-state index is 12.6. The van der Waals surface area contributed by atoms with Gasteiger partial charge in [0.15, 0.2) is 0 Å². The van der Waals surface area contributed by atoms with Crippen LogP contribution in [0.25, 0.3) is 0 Å². The fourth-order valence-electron chi connectivity index (χ4n) is 1.96. The molecule has 0 spiro atoms. The molecule has 1 heterocycles. The van der Waals surface area contributed by atoms with Crippen molar-refractivity contribution in [3.05, 3.63) is 53.9 Å². The standard InChI is InChI=1S/C16H17F3N2O3/c17-16(18,19)11-3-1-5-14(7-11)24-10-13(22)9-21-15(23)8-12-4-2-6-20-12/h1-7,13,20,22H,8-10H2,(H,21,23). The number of aliphatic hydroxyl groups is 1. The second kappa shape index (κ2) is 7.87. The molecular weight excluding hydrogens is 325 g/mol. The highest BCUT2D eigenvalue weighted by Crippen LogP contribution is 2.31. The Labute approximate surface area is 136 Å². The molecule has 130 valence electrons. The number of carbonyl (C=O) groups excluding carboxylic acids is 1. The molecule has 0 aliphatic heterocycles. The lowest BCUT2D eigenvalue weighted by atomic mass is 10.2. The topological polar surface area (TPSA) is 74.4 Å². The lowest BCUT2D eigenvalue weighted by molar-refractivity contribution is -0.137. The minimum Gasteiger partial charge on any atom is -0.491 e. The van der Waals surface area contributed by atoms with Gasteiger partial charge in [-0.1, -0.05) is 6.07 Å². The van der Waals surface area contributed by atoms with Gasteiger partial charge >= 0.3 is 6.18 Å². The molecule has 2 aromatic rings. The van der Waals surface area contributed by atoms with Crippen molar-refractivity contribution in [1.29, 1.82) is 0 Å². The first-order chi connectivity index (χ1) is 11.3. The predicted octanol–water partition coefficient (Wildman–Crippen LogP) is 2.13. The number of hydrogen-bond donors (Lipinski definition) is 3. The van der Waals surface area contributed by atoms with Crippen LogP contribution in [-0.2, 0) is 17.4 Å². The van der Waals surface area contributed by atoms with Crippen LogP contribution < -0.4 is 10.1 Å². The third-order valence-corrected chi connectivity index (χ3v) is 3.15. The lowest BCUT2D eigenvalue weighted by Gasteiger charge is -2.14.